The van der Waals surface area contributed by atoms with Crippen molar-refractivity contribution in [3.63, 3.8) is 0 Å². The van der Waals surface area contributed by atoms with Gasteiger partial charge in [0.1, 0.15) is 5.69 Å². The molecule has 0 radical (unpaired) electrons. The normalized spacial score (nSPS) is 11.1. The summed E-state index contributed by atoms with van der Waals surface area (Å²) in [5.41, 5.74) is 3.16. The zero-order valence-corrected chi connectivity index (χ0v) is 14.8. The van der Waals surface area contributed by atoms with Crippen molar-refractivity contribution < 1.29 is 9.21 Å². The summed E-state index contributed by atoms with van der Waals surface area (Å²) in [4.78, 5) is 11.9. The van der Waals surface area contributed by atoms with Crippen LogP contribution >= 0.6 is 0 Å². The Balaban J connectivity index is 1.98. The van der Waals surface area contributed by atoms with Crippen molar-refractivity contribution in [1.82, 2.24) is 25.3 Å². The number of aryl methyl sites for hydroxylation is 1. The zero-order valence-electron chi connectivity index (χ0n) is 14.8. The Hall–Kier alpha value is -2.96. The molecular formula is C18H21N5O2. The molecule has 0 aliphatic rings. The average Bonchev–Trinajstić information content (AvgIpc) is 3.21. The molecule has 1 N–H and O–H groups in total. The topological polar surface area (TPSA) is 85.8 Å². The third-order valence-electron chi connectivity index (χ3n) is 3.78. The number of nitrogens with one attached hydrogen (secondary N) is 1. The van der Waals surface area contributed by atoms with E-state index in [0.29, 0.717) is 29.6 Å². The summed E-state index contributed by atoms with van der Waals surface area (Å²) in [6.45, 7) is 8.44. The van der Waals surface area contributed by atoms with Gasteiger partial charge in [0.2, 0.25) is 5.89 Å². The summed E-state index contributed by atoms with van der Waals surface area (Å²) in [6.07, 6.45) is 0. The first-order valence-corrected chi connectivity index (χ1v) is 8.28. The van der Waals surface area contributed by atoms with Gasteiger partial charge in [0.15, 0.2) is 0 Å². The molecule has 3 aromatic rings. The fourth-order valence-electron chi connectivity index (χ4n) is 2.53. The minimum Gasteiger partial charge on any atom is -0.420 e. The molecule has 1 amide bonds. The van der Waals surface area contributed by atoms with Gasteiger partial charge < -0.3 is 9.73 Å². The number of amides is 1. The fraction of sp³-hybridized carbons (Fsp3) is 0.333. The summed E-state index contributed by atoms with van der Waals surface area (Å²) in [5, 5.41) is 15.3. The Labute approximate surface area is 146 Å². The summed E-state index contributed by atoms with van der Waals surface area (Å²) in [6, 6.07) is 9.30. The number of hydrogen-bond acceptors (Lipinski definition) is 5. The number of carbonyl (C=O) groups is 1. The largest absolute Gasteiger partial charge is 0.420 e. The predicted molar refractivity (Wildman–Crippen MR) is 93.7 cm³/mol. The van der Waals surface area contributed by atoms with Gasteiger partial charge >= 0.3 is 0 Å². The van der Waals surface area contributed by atoms with Crippen LogP contribution in [0.25, 0.3) is 17.3 Å². The van der Waals surface area contributed by atoms with Crippen LogP contribution < -0.4 is 5.32 Å². The number of rotatable bonds is 5. The lowest BCUT2D eigenvalue weighted by atomic mass is 10.1. The Morgan fingerprint density at radius 1 is 1.24 bits per heavy atom. The number of carbonyl (C=O) groups excluding carboxylic acids is 1. The predicted octanol–water partition coefficient (Wildman–Crippen LogP) is 3.10. The SMILES string of the molecule is CCNC(=O)c1ccc(-n2nc(-c3nnc(C)o3)cc2C(C)C)cc1. The number of hydrogen-bond donors (Lipinski definition) is 1. The first kappa shape index (κ1) is 16.9. The minimum atomic E-state index is -0.0828. The van der Waals surface area contributed by atoms with E-state index in [1.165, 1.54) is 0 Å². The molecule has 7 nitrogen and oxygen atoms in total. The first-order chi connectivity index (χ1) is 12.0. The second-order valence-corrected chi connectivity index (χ2v) is 6.05. The zero-order chi connectivity index (χ0) is 18.0. The Bertz CT molecular complexity index is 877. The van der Waals surface area contributed by atoms with Crippen molar-refractivity contribution in [2.45, 2.75) is 33.6 Å². The van der Waals surface area contributed by atoms with Gasteiger partial charge in [0.25, 0.3) is 11.8 Å². The monoisotopic (exact) mass is 339 g/mol. The summed E-state index contributed by atoms with van der Waals surface area (Å²) in [7, 11) is 0. The van der Waals surface area contributed by atoms with E-state index in [1.807, 2.05) is 29.8 Å². The van der Waals surface area contributed by atoms with Crippen LogP contribution in [0.4, 0.5) is 0 Å². The van der Waals surface area contributed by atoms with E-state index in [1.54, 1.807) is 19.1 Å². The van der Waals surface area contributed by atoms with E-state index in [4.69, 9.17) is 4.42 Å². The van der Waals surface area contributed by atoms with Crippen LogP contribution in [-0.2, 0) is 0 Å². The Morgan fingerprint density at radius 3 is 2.52 bits per heavy atom. The van der Waals surface area contributed by atoms with Crippen molar-refractivity contribution in [3.8, 4) is 17.3 Å². The fourth-order valence-corrected chi connectivity index (χ4v) is 2.53. The molecular weight excluding hydrogens is 318 g/mol. The molecule has 7 heteroatoms. The Kier molecular flexibility index (Phi) is 4.65. The highest BCUT2D eigenvalue weighted by Gasteiger charge is 2.17. The van der Waals surface area contributed by atoms with E-state index < -0.39 is 0 Å². The van der Waals surface area contributed by atoms with E-state index in [9.17, 15) is 4.79 Å². The van der Waals surface area contributed by atoms with Crippen LogP contribution in [0.3, 0.4) is 0 Å². The number of benzene rings is 1. The smallest absolute Gasteiger partial charge is 0.268 e. The van der Waals surface area contributed by atoms with Crippen LogP contribution in [0.15, 0.2) is 34.7 Å². The summed E-state index contributed by atoms with van der Waals surface area (Å²) in [5.74, 6) is 1.08. The van der Waals surface area contributed by atoms with Gasteiger partial charge in [-0.1, -0.05) is 13.8 Å². The Morgan fingerprint density at radius 2 is 1.96 bits per heavy atom. The minimum absolute atomic E-state index is 0.0828. The van der Waals surface area contributed by atoms with Gasteiger partial charge in [-0.3, -0.25) is 4.79 Å². The lowest BCUT2D eigenvalue weighted by Crippen LogP contribution is -2.22. The van der Waals surface area contributed by atoms with Gasteiger partial charge in [-0.25, -0.2) is 4.68 Å². The maximum atomic E-state index is 11.9. The molecule has 0 atom stereocenters. The summed E-state index contributed by atoms with van der Waals surface area (Å²) >= 11 is 0. The maximum Gasteiger partial charge on any atom is 0.268 e. The molecule has 0 spiro atoms. The van der Waals surface area contributed by atoms with Crippen LogP contribution in [0, 0.1) is 6.92 Å². The van der Waals surface area contributed by atoms with Gasteiger partial charge in [0, 0.05) is 24.7 Å². The molecule has 3 rings (SSSR count). The van der Waals surface area contributed by atoms with Gasteiger partial charge in [-0.05, 0) is 43.2 Å². The van der Waals surface area contributed by atoms with Crippen LogP contribution in [-0.4, -0.2) is 32.4 Å². The molecule has 2 aromatic heterocycles. The molecule has 0 unspecified atom stereocenters. The van der Waals surface area contributed by atoms with Gasteiger partial charge in [0.05, 0.1) is 5.69 Å². The average molecular weight is 339 g/mol. The molecule has 1 aromatic carbocycles. The van der Waals surface area contributed by atoms with Gasteiger partial charge in [-0.15, -0.1) is 10.2 Å². The van der Waals surface area contributed by atoms with E-state index in [-0.39, 0.29) is 11.8 Å². The van der Waals surface area contributed by atoms with Crippen molar-refractivity contribution in [2.24, 2.45) is 0 Å². The molecule has 0 aliphatic carbocycles. The molecule has 0 bridgehead atoms. The van der Waals surface area contributed by atoms with Crippen molar-refractivity contribution in [1.29, 1.82) is 0 Å². The van der Waals surface area contributed by atoms with Gasteiger partial charge in [-0.2, -0.15) is 5.10 Å². The lowest BCUT2D eigenvalue weighted by molar-refractivity contribution is 0.0956. The second-order valence-electron chi connectivity index (χ2n) is 6.05. The van der Waals surface area contributed by atoms with Crippen molar-refractivity contribution >= 4 is 5.91 Å². The molecule has 0 saturated heterocycles. The third-order valence-corrected chi connectivity index (χ3v) is 3.78. The molecule has 130 valence electrons. The van der Waals surface area contributed by atoms with Crippen LogP contribution in [0.5, 0.6) is 0 Å². The molecule has 0 saturated carbocycles. The molecule has 25 heavy (non-hydrogen) atoms. The number of aromatic nitrogens is 4. The molecule has 0 fully saturated rings. The van der Waals surface area contributed by atoms with Crippen LogP contribution in [0.1, 0.15) is 48.6 Å². The lowest BCUT2D eigenvalue weighted by Gasteiger charge is -2.10. The van der Waals surface area contributed by atoms with E-state index in [0.717, 1.165) is 11.4 Å². The molecule has 2 heterocycles. The second kappa shape index (κ2) is 6.88. The quantitative estimate of drug-likeness (QED) is 0.772. The number of nitrogens with zero attached hydrogens (tertiary/aromatic N) is 4. The first-order valence-electron chi connectivity index (χ1n) is 8.28. The van der Waals surface area contributed by atoms with Crippen LogP contribution in [0.2, 0.25) is 0 Å². The highest BCUT2D eigenvalue weighted by molar-refractivity contribution is 5.94. The summed E-state index contributed by atoms with van der Waals surface area (Å²) < 4.78 is 7.33. The van der Waals surface area contributed by atoms with E-state index in [2.05, 4.69) is 34.5 Å². The standard InChI is InChI=1S/C18H21N5O2/c1-5-19-17(24)13-6-8-14(9-7-13)23-16(11(2)3)10-15(22-23)18-21-20-12(4)25-18/h6-11H,5H2,1-4H3,(H,19,24). The highest BCUT2D eigenvalue weighted by atomic mass is 16.4. The van der Waals surface area contributed by atoms with Crippen molar-refractivity contribution in [2.75, 3.05) is 6.54 Å². The highest BCUT2D eigenvalue weighted by Crippen LogP contribution is 2.25. The maximum absolute atomic E-state index is 11.9. The van der Waals surface area contributed by atoms with E-state index >= 15 is 0 Å². The molecule has 0 aliphatic heterocycles. The van der Waals surface area contributed by atoms with Crippen molar-refractivity contribution in [3.05, 3.63) is 47.5 Å². The third kappa shape index (κ3) is 3.45.